The minimum Gasteiger partial charge on any atom is -0.458 e. The number of Topliss-reactive ketones (excluding diaryl/α,β-unsaturated/α-hetero) is 3. The number of carbonyl (C=O) groups is 4. The zero-order chi connectivity index (χ0) is 22.1. The summed E-state index contributed by atoms with van der Waals surface area (Å²) in [6.45, 7) is 4.73. The maximum atomic E-state index is 13.6. The van der Waals surface area contributed by atoms with Crippen LogP contribution in [0.3, 0.4) is 0 Å². The number of alkyl halides is 1. The highest BCUT2D eigenvalue weighted by Gasteiger charge is 2.69. The van der Waals surface area contributed by atoms with Gasteiger partial charge >= 0.3 is 5.97 Å². The van der Waals surface area contributed by atoms with E-state index in [-0.39, 0.29) is 53.5 Å². The van der Waals surface area contributed by atoms with E-state index in [2.05, 4.69) is 6.92 Å². The number of rotatable bonds is 3. The zero-order valence-electron chi connectivity index (χ0n) is 17.9. The molecule has 0 saturated heterocycles. The number of esters is 1. The molecule has 0 unspecified atom stereocenters. The van der Waals surface area contributed by atoms with Gasteiger partial charge in [-0.15, -0.1) is 11.6 Å². The highest BCUT2D eigenvalue weighted by atomic mass is 35.5. The van der Waals surface area contributed by atoms with Gasteiger partial charge in [0.25, 0.3) is 0 Å². The summed E-state index contributed by atoms with van der Waals surface area (Å²) >= 11 is 6.51. The Labute approximate surface area is 182 Å². The van der Waals surface area contributed by atoms with E-state index in [4.69, 9.17) is 16.3 Å². The highest BCUT2D eigenvalue weighted by molar-refractivity contribution is 6.31. The lowest BCUT2D eigenvalue weighted by molar-refractivity contribution is -0.180. The van der Waals surface area contributed by atoms with Crippen molar-refractivity contribution in [3.8, 4) is 0 Å². The van der Waals surface area contributed by atoms with Gasteiger partial charge in [-0.3, -0.25) is 19.2 Å². The van der Waals surface area contributed by atoms with Gasteiger partial charge in [-0.1, -0.05) is 13.8 Å². The molecule has 30 heavy (non-hydrogen) atoms. The fraction of sp³-hybridized carbons (Fsp3) is 0.826. The molecular formula is C23H31ClO6. The minimum absolute atomic E-state index is 0.000795. The van der Waals surface area contributed by atoms with E-state index < -0.39 is 34.8 Å². The average Bonchev–Trinajstić information content (AvgIpc) is 2.94. The first-order valence-electron chi connectivity index (χ1n) is 11.0. The predicted molar refractivity (Wildman–Crippen MR) is 109 cm³/mol. The molecule has 4 rings (SSSR count). The van der Waals surface area contributed by atoms with E-state index >= 15 is 0 Å². The van der Waals surface area contributed by atoms with Crippen LogP contribution in [0.2, 0.25) is 0 Å². The van der Waals surface area contributed by atoms with Crippen molar-refractivity contribution in [1.82, 2.24) is 0 Å². The van der Waals surface area contributed by atoms with Crippen LogP contribution in [0.1, 0.15) is 65.7 Å². The third-order valence-electron chi connectivity index (χ3n) is 9.22. The smallest absolute Gasteiger partial charge is 0.303 e. The molecule has 0 aromatic carbocycles. The van der Waals surface area contributed by atoms with Crippen molar-refractivity contribution in [2.24, 2.45) is 34.5 Å². The number of carbonyl (C=O) groups excluding carboxylic acids is 4. The SMILES string of the molecule is CC(=O)OCC(=O)[C@]1(O)CC[C@H]2[C@@H]3CC[C@H]4[C@@H](Cl)C(=O)CC[C@]4(C)[C@H]3C(=O)C[C@@]21C. The molecule has 7 heteroatoms. The largest absolute Gasteiger partial charge is 0.458 e. The Morgan fingerprint density at radius 1 is 1.10 bits per heavy atom. The molecule has 166 valence electrons. The third kappa shape index (κ3) is 2.85. The predicted octanol–water partition coefficient (Wildman–Crippen LogP) is 2.86. The van der Waals surface area contributed by atoms with Crippen LogP contribution in [0.4, 0.5) is 0 Å². The van der Waals surface area contributed by atoms with Crippen LogP contribution < -0.4 is 0 Å². The second kappa shape index (κ2) is 7.13. The van der Waals surface area contributed by atoms with Gasteiger partial charge in [0.2, 0.25) is 5.78 Å². The first-order chi connectivity index (χ1) is 14.0. The molecule has 0 aromatic rings. The first-order valence-corrected chi connectivity index (χ1v) is 11.5. The Morgan fingerprint density at radius 3 is 2.47 bits per heavy atom. The van der Waals surface area contributed by atoms with Crippen molar-refractivity contribution in [3.05, 3.63) is 0 Å². The Hall–Kier alpha value is -1.27. The number of fused-ring (bicyclic) bond motifs is 5. The minimum atomic E-state index is -1.66. The van der Waals surface area contributed by atoms with E-state index in [9.17, 15) is 24.3 Å². The normalized spacial score (nSPS) is 47.8. The van der Waals surface area contributed by atoms with Gasteiger partial charge in [-0.25, -0.2) is 0 Å². The highest BCUT2D eigenvalue weighted by Crippen LogP contribution is 2.67. The number of ether oxygens (including phenoxy) is 1. The molecule has 0 radical (unpaired) electrons. The van der Waals surface area contributed by atoms with Gasteiger partial charge < -0.3 is 9.84 Å². The first kappa shape index (κ1) is 21.9. The van der Waals surface area contributed by atoms with Crippen LogP contribution in [-0.4, -0.2) is 46.0 Å². The van der Waals surface area contributed by atoms with Gasteiger partial charge in [-0.2, -0.15) is 0 Å². The molecule has 4 aliphatic rings. The van der Waals surface area contributed by atoms with E-state index in [1.807, 2.05) is 6.92 Å². The van der Waals surface area contributed by atoms with E-state index in [1.54, 1.807) is 0 Å². The number of hydrogen-bond donors (Lipinski definition) is 1. The molecule has 4 aliphatic carbocycles. The van der Waals surface area contributed by atoms with Gasteiger partial charge in [0.15, 0.2) is 12.4 Å². The van der Waals surface area contributed by atoms with Gasteiger partial charge in [0, 0.05) is 31.1 Å². The van der Waals surface area contributed by atoms with Crippen molar-refractivity contribution in [2.45, 2.75) is 76.7 Å². The molecule has 0 spiro atoms. The summed E-state index contributed by atoms with van der Waals surface area (Å²) in [5, 5.41) is 10.9. The van der Waals surface area contributed by atoms with Gasteiger partial charge in [0.1, 0.15) is 11.4 Å². The number of halogens is 1. The molecule has 4 saturated carbocycles. The van der Waals surface area contributed by atoms with Crippen LogP contribution in [0.5, 0.6) is 0 Å². The average molecular weight is 439 g/mol. The summed E-state index contributed by atoms with van der Waals surface area (Å²) in [6, 6.07) is 0. The van der Waals surface area contributed by atoms with Crippen molar-refractivity contribution < 1.29 is 29.0 Å². The Kier molecular flexibility index (Phi) is 5.21. The van der Waals surface area contributed by atoms with E-state index in [0.717, 1.165) is 12.8 Å². The number of hydrogen-bond acceptors (Lipinski definition) is 6. The van der Waals surface area contributed by atoms with E-state index in [0.29, 0.717) is 19.3 Å². The molecule has 0 heterocycles. The summed E-state index contributed by atoms with van der Waals surface area (Å²) < 4.78 is 4.87. The van der Waals surface area contributed by atoms with Crippen LogP contribution in [0, 0.1) is 34.5 Å². The van der Waals surface area contributed by atoms with Crippen LogP contribution in [-0.2, 0) is 23.9 Å². The summed E-state index contributed by atoms with van der Waals surface area (Å²) in [6.07, 6.45) is 3.72. The molecule has 0 aromatic heterocycles. The summed E-state index contributed by atoms with van der Waals surface area (Å²) in [5.74, 6) is -1.00. The third-order valence-corrected chi connectivity index (χ3v) is 9.77. The lowest BCUT2D eigenvalue weighted by atomic mass is 9.44. The standard InChI is InChI=1S/C23H31ClO6/c1-12(25)30-11-18(28)23(29)9-6-14-13-4-5-15-20(24)16(26)7-8-21(15,2)19(13)17(27)10-22(14,23)3/h13-15,19-20,29H,4-11H2,1-3H3/t13-,14-,15-,19+,20+,21-,22-,23+/m0/s1. The lowest BCUT2D eigenvalue weighted by Crippen LogP contribution is -2.63. The Morgan fingerprint density at radius 2 is 1.80 bits per heavy atom. The molecule has 6 nitrogen and oxygen atoms in total. The second-order valence-corrected chi connectivity index (χ2v) is 10.9. The van der Waals surface area contributed by atoms with Gasteiger partial charge in [-0.05, 0) is 55.3 Å². The zero-order valence-corrected chi connectivity index (χ0v) is 18.7. The fourth-order valence-corrected chi connectivity index (χ4v) is 8.18. The van der Waals surface area contributed by atoms with Crippen molar-refractivity contribution in [2.75, 3.05) is 6.61 Å². The van der Waals surface area contributed by atoms with Crippen LogP contribution >= 0.6 is 11.6 Å². The maximum absolute atomic E-state index is 13.6. The topological polar surface area (TPSA) is 97.7 Å². The Balaban J connectivity index is 1.65. The molecule has 8 atom stereocenters. The van der Waals surface area contributed by atoms with Crippen LogP contribution in [0.15, 0.2) is 0 Å². The second-order valence-electron chi connectivity index (χ2n) is 10.5. The van der Waals surface area contributed by atoms with Crippen molar-refractivity contribution in [3.63, 3.8) is 0 Å². The van der Waals surface area contributed by atoms with Crippen molar-refractivity contribution >= 4 is 34.9 Å². The van der Waals surface area contributed by atoms with Crippen molar-refractivity contribution in [1.29, 1.82) is 0 Å². The molecule has 0 amide bonds. The molecule has 4 fully saturated rings. The maximum Gasteiger partial charge on any atom is 0.303 e. The van der Waals surface area contributed by atoms with Crippen LogP contribution in [0.25, 0.3) is 0 Å². The molecule has 0 aliphatic heterocycles. The lowest BCUT2D eigenvalue weighted by Gasteiger charge is -2.60. The fourth-order valence-electron chi connectivity index (χ4n) is 7.66. The monoisotopic (exact) mass is 438 g/mol. The summed E-state index contributed by atoms with van der Waals surface area (Å²) in [4.78, 5) is 49.8. The quantitative estimate of drug-likeness (QED) is 0.537. The number of ketones is 3. The Bertz CT molecular complexity index is 810. The van der Waals surface area contributed by atoms with Gasteiger partial charge in [0.05, 0.1) is 5.38 Å². The van der Waals surface area contributed by atoms with E-state index in [1.165, 1.54) is 6.92 Å². The summed E-state index contributed by atoms with van der Waals surface area (Å²) in [5.41, 5.74) is -2.84. The summed E-state index contributed by atoms with van der Waals surface area (Å²) in [7, 11) is 0. The molecule has 1 N–H and O–H groups in total. The molecular weight excluding hydrogens is 408 g/mol. The molecule has 0 bridgehead atoms. The number of aliphatic hydroxyl groups is 1.